The van der Waals surface area contributed by atoms with Crippen LogP contribution in [-0.2, 0) is 11.3 Å². The Morgan fingerprint density at radius 1 is 0.921 bits per heavy atom. The molecule has 38 heavy (non-hydrogen) atoms. The summed E-state index contributed by atoms with van der Waals surface area (Å²) in [6, 6.07) is 15.1. The number of amides is 2. The topological polar surface area (TPSA) is 108 Å². The van der Waals surface area contributed by atoms with Crippen molar-refractivity contribution in [1.29, 1.82) is 0 Å². The van der Waals surface area contributed by atoms with Crippen molar-refractivity contribution >= 4 is 34.8 Å². The van der Waals surface area contributed by atoms with E-state index < -0.39 is 29.4 Å². The summed E-state index contributed by atoms with van der Waals surface area (Å²) in [7, 11) is 0. The zero-order valence-electron chi connectivity index (χ0n) is 20.5. The van der Waals surface area contributed by atoms with E-state index in [0.717, 1.165) is 29.1 Å². The molecule has 0 aliphatic heterocycles. The molecule has 7 nitrogen and oxygen atoms in total. The van der Waals surface area contributed by atoms with E-state index in [0.29, 0.717) is 16.7 Å². The minimum absolute atomic E-state index is 0.0930. The molecule has 1 aromatic heterocycles. The normalized spacial score (nSPS) is 11.3. The summed E-state index contributed by atoms with van der Waals surface area (Å²) in [5, 5.41) is 15.5. The van der Waals surface area contributed by atoms with E-state index in [2.05, 4.69) is 15.6 Å². The van der Waals surface area contributed by atoms with Crippen molar-refractivity contribution in [2.45, 2.75) is 20.4 Å². The Balaban J connectivity index is 1.52. The first-order valence-electron chi connectivity index (χ1n) is 11.6. The third kappa shape index (κ3) is 6.07. The van der Waals surface area contributed by atoms with Gasteiger partial charge < -0.3 is 15.7 Å². The zero-order valence-corrected chi connectivity index (χ0v) is 20.5. The molecule has 0 bridgehead atoms. The first-order chi connectivity index (χ1) is 18.1. The first kappa shape index (κ1) is 26.2. The van der Waals surface area contributed by atoms with Gasteiger partial charge in [0.05, 0.1) is 5.52 Å². The Bertz CT molecular complexity index is 1570. The number of aliphatic carboxylic acids is 1. The van der Waals surface area contributed by atoms with Crippen LogP contribution in [0.15, 0.2) is 72.6 Å². The van der Waals surface area contributed by atoms with E-state index in [1.165, 1.54) is 24.4 Å². The standard InChI is InChI=1S/C29H23F2N3O4/c1-16-7-21(27(35)33-15-19-10-22(30)13-23(31)11-19)8-17(2)26(16)28(36)34-25(29(37)38)12-18-9-20-5-3-4-6-24(20)32-14-18/h3-14H,15H2,1-2H3,(H,33,35)(H,34,36)(H,37,38). The van der Waals surface area contributed by atoms with Crippen LogP contribution in [-0.4, -0.2) is 27.9 Å². The highest BCUT2D eigenvalue weighted by Crippen LogP contribution is 2.19. The number of nitrogens with zero attached hydrogens (tertiary/aromatic N) is 1. The zero-order chi connectivity index (χ0) is 27.4. The predicted octanol–water partition coefficient (Wildman–Crippen LogP) is 4.92. The summed E-state index contributed by atoms with van der Waals surface area (Å²) in [6.45, 7) is 3.15. The molecule has 0 aliphatic rings. The van der Waals surface area contributed by atoms with Crippen molar-refractivity contribution in [2.75, 3.05) is 0 Å². The van der Waals surface area contributed by atoms with E-state index in [-0.39, 0.29) is 28.9 Å². The monoisotopic (exact) mass is 515 g/mol. The van der Waals surface area contributed by atoms with Crippen LogP contribution in [0.1, 0.15) is 43.0 Å². The van der Waals surface area contributed by atoms with Gasteiger partial charge in [0.15, 0.2) is 0 Å². The maximum absolute atomic E-state index is 13.4. The van der Waals surface area contributed by atoms with Gasteiger partial charge in [-0.25, -0.2) is 13.6 Å². The van der Waals surface area contributed by atoms with Crippen molar-refractivity contribution in [3.8, 4) is 0 Å². The van der Waals surface area contributed by atoms with Gasteiger partial charge in [-0.3, -0.25) is 14.6 Å². The molecule has 3 aromatic carbocycles. The molecule has 0 aliphatic carbocycles. The van der Waals surface area contributed by atoms with Crippen molar-refractivity contribution in [2.24, 2.45) is 0 Å². The van der Waals surface area contributed by atoms with Crippen LogP contribution in [0.2, 0.25) is 0 Å². The molecule has 9 heteroatoms. The summed E-state index contributed by atoms with van der Waals surface area (Å²) in [6.07, 6.45) is 2.83. The Hall–Kier alpha value is -4.92. The highest BCUT2D eigenvalue weighted by molar-refractivity contribution is 6.05. The van der Waals surface area contributed by atoms with E-state index in [1.807, 2.05) is 24.3 Å². The number of para-hydroxylation sites is 1. The van der Waals surface area contributed by atoms with Crippen molar-refractivity contribution in [3.05, 3.63) is 118 Å². The number of aryl methyl sites for hydroxylation is 2. The SMILES string of the molecule is Cc1cc(C(=O)NCc2cc(F)cc(F)c2)cc(C)c1C(=O)NC(=Cc1cnc2ccccc2c1)C(=O)O. The number of halogens is 2. The second-order valence-corrected chi connectivity index (χ2v) is 8.72. The second kappa shape index (κ2) is 11.0. The molecular weight excluding hydrogens is 492 g/mol. The summed E-state index contributed by atoms with van der Waals surface area (Å²) in [5.41, 5.74) is 2.53. The molecule has 4 rings (SSSR count). The van der Waals surface area contributed by atoms with E-state index >= 15 is 0 Å². The molecule has 0 atom stereocenters. The van der Waals surface area contributed by atoms with Gasteiger partial charge in [0, 0.05) is 35.3 Å². The Labute approximate surface area is 216 Å². The third-order valence-corrected chi connectivity index (χ3v) is 5.80. The number of aromatic nitrogens is 1. The van der Waals surface area contributed by atoms with Crippen molar-refractivity contribution < 1.29 is 28.3 Å². The third-order valence-electron chi connectivity index (χ3n) is 5.80. The number of carbonyl (C=O) groups is 3. The van der Waals surface area contributed by atoms with Gasteiger partial charge in [-0.05, 0) is 78.6 Å². The number of pyridine rings is 1. The lowest BCUT2D eigenvalue weighted by molar-refractivity contribution is -0.132. The largest absolute Gasteiger partial charge is 0.477 e. The Morgan fingerprint density at radius 3 is 2.24 bits per heavy atom. The predicted molar refractivity (Wildman–Crippen MR) is 138 cm³/mol. The number of fused-ring (bicyclic) bond motifs is 1. The maximum Gasteiger partial charge on any atom is 0.352 e. The van der Waals surface area contributed by atoms with E-state index in [1.54, 1.807) is 19.9 Å². The summed E-state index contributed by atoms with van der Waals surface area (Å²) in [5.74, 6) is -3.97. The highest BCUT2D eigenvalue weighted by atomic mass is 19.1. The number of carboxylic acid groups (broad SMARTS) is 1. The number of carboxylic acids is 1. The van der Waals surface area contributed by atoms with Gasteiger partial charge in [-0.2, -0.15) is 0 Å². The summed E-state index contributed by atoms with van der Waals surface area (Å²) in [4.78, 5) is 41.9. The second-order valence-electron chi connectivity index (χ2n) is 8.72. The number of hydrogen-bond donors (Lipinski definition) is 3. The highest BCUT2D eigenvalue weighted by Gasteiger charge is 2.19. The fourth-order valence-corrected chi connectivity index (χ4v) is 4.12. The van der Waals surface area contributed by atoms with Crippen molar-refractivity contribution in [1.82, 2.24) is 15.6 Å². The summed E-state index contributed by atoms with van der Waals surface area (Å²) < 4.78 is 26.8. The average molecular weight is 516 g/mol. The van der Waals surface area contributed by atoms with Gasteiger partial charge in [0.2, 0.25) is 0 Å². The number of rotatable bonds is 7. The first-order valence-corrected chi connectivity index (χ1v) is 11.6. The van der Waals surface area contributed by atoms with Crippen LogP contribution in [0.25, 0.3) is 17.0 Å². The lowest BCUT2D eigenvalue weighted by atomic mass is 9.98. The lowest BCUT2D eigenvalue weighted by Gasteiger charge is -2.14. The molecule has 3 N–H and O–H groups in total. The molecule has 0 radical (unpaired) electrons. The molecule has 4 aromatic rings. The van der Waals surface area contributed by atoms with Crippen LogP contribution >= 0.6 is 0 Å². The molecule has 2 amide bonds. The van der Waals surface area contributed by atoms with Gasteiger partial charge in [-0.15, -0.1) is 0 Å². The minimum atomic E-state index is -1.33. The average Bonchev–Trinajstić information content (AvgIpc) is 2.85. The van der Waals surface area contributed by atoms with Gasteiger partial charge in [0.25, 0.3) is 11.8 Å². The Morgan fingerprint density at radius 2 is 1.58 bits per heavy atom. The maximum atomic E-state index is 13.4. The van der Waals surface area contributed by atoms with E-state index in [9.17, 15) is 28.3 Å². The molecule has 1 heterocycles. The van der Waals surface area contributed by atoms with Crippen LogP contribution in [0.3, 0.4) is 0 Å². The van der Waals surface area contributed by atoms with Gasteiger partial charge >= 0.3 is 5.97 Å². The fraction of sp³-hybridized carbons (Fsp3) is 0.103. The van der Waals surface area contributed by atoms with Crippen LogP contribution in [0, 0.1) is 25.5 Å². The van der Waals surface area contributed by atoms with Crippen LogP contribution in [0.4, 0.5) is 8.78 Å². The summed E-state index contributed by atoms with van der Waals surface area (Å²) >= 11 is 0. The molecule has 192 valence electrons. The van der Waals surface area contributed by atoms with E-state index in [4.69, 9.17) is 0 Å². The van der Waals surface area contributed by atoms with Gasteiger partial charge in [-0.1, -0.05) is 18.2 Å². The number of benzene rings is 3. The van der Waals surface area contributed by atoms with Gasteiger partial charge in [0.1, 0.15) is 17.3 Å². The number of carbonyl (C=O) groups excluding carboxylic acids is 2. The quantitative estimate of drug-likeness (QED) is 0.303. The van der Waals surface area contributed by atoms with Crippen LogP contribution < -0.4 is 10.6 Å². The Kier molecular flexibility index (Phi) is 7.57. The fourth-order valence-electron chi connectivity index (χ4n) is 4.12. The number of nitrogens with one attached hydrogen (secondary N) is 2. The number of hydrogen-bond acceptors (Lipinski definition) is 4. The molecule has 0 spiro atoms. The molecular formula is C29H23F2N3O4. The molecule has 0 unspecified atom stereocenters. The molecule has 0 saturated carbocycles. The minimum Gasteiger partial charge on any atom is -0.477 e. The van der Waals surface area contributed by atoms with Crippen molar-refractivity contribution in [3.63, 3.8) is 0 Å². The smallest absolute Gasteiger partial charge is 0.352 e. The molecule has 0 saturated heterocycles. The lowest BCUT2D eigenvalue weighted by Crippen LogP contribution is -2.29. The molecule has 0 fully saturated rings. The van der Waals surface area contributed by atoms with Crippen LogP contribution in [0.5, 0.6) is 0 Å².